The second kappa shape index (κ2) is 8.49. The van der Waals surface area contributed by atoms with E-state index >= 15 is 0 Å². The van der Waals surface area contributed by atoms with Gasteiger partial charge in [-0.05, 0) is 38.5 Å². The molecule has 1 aliphatic rings. The highest BCUT2D eigenvalue weighted by Crippen LogP contribution is 2.22. The highest BCUT2D eigenvalue weighted by atomic mass is 35.5. The van der Waals surface area contributed by atoms with Crippen LogP contribution in [0, 0.1) is 24.0 Å². The SMILES string of the molecule is Cc1nn(Cc2ccc(C(=O)N3CCNC[C@H]3C)cc2)c(C)c1[N+](=O)[O-].Cl. The molecule has 2 heterocycles. The summed E-state index contributed by atoms with van der Waals surface area (Å²) in [4.78, 5) is 25.3. The van der Waals surface area contributed by atoms with Crippen molar-refractivity contribution in [2.45, 2.75) is 33.4 Å². The number of benzene rings is 1. The number of nitrogens with zero attached hydrogens (tertiary/aromatic N) is 4. The largest absolute Gasteiger partial charge is 0.333 e. The Morgan fingerprint density at radius 1 is 1.33 bits per heavy atom. The molecule has 1 aromatic heterocycles. The highest BCUT2D eigenvalue weighted by Gasteiger charge is 2.24. The van der Waals surface area contributed by atoms with Gasteiger partial charge in [-0.3, -0.25) is 19.6 Å². The first kappa shape index (κ1) is 20.9. The maximum atomic E-state index is 12.7. The third-order valence-corrected chi connectivity index (χ3v) is 4.82. The zero-order chi connectivity index (χ0) is 18.8. The fourth-order valence-electron chi connectivity index (χ4n) is 3.34. The lowest BCUT2D eigenvalue weighted by Crippen LogP contribution is -2.52. The molecule has 1 aromatic carbocycles. The van der Waals surface area contributed by atoms with Crippen LogP contribution in [0.2, 0.25) is 0 Å². The molecule has 1 amide bonds. The van der Waals surface area contributed by atoms with Gasteiger partial charge in [0.15, 0.2) is 0 Å². The Morgan fingerprint density at radius 3 is 2.56 bits per heavy atom. The van der Waals surface area contributed by atoms with Crippen LogP contribution in [0.1, 0.15) is 34.2 Å². The Morgan fingerprint density at radius 2 is 2.00 bits per heavy atom. The maximum Gasteiger partial charge on any atom is 0.312 e. The van der Waals surface area contributed by atoms with E-state index < -0.39 is 4.92 Å². The second-order valence-electron chi connectivity index (χ2n) is 6.68. The van der Waals surface area contributed by atoms with Crippen molar-refractivity contribution in [2.75, 3.05) is 19.6 Å². The first-order chi connectivity index (χ1) is 12.4. The summed E-state index contributed by atoms with van der Waals surface area (Å²) in [5.41, 5.74) is 2.59. The average molecular weight is 394 g/mol. The van der Waals surface area contributed by atoms with Crippen LogP contribution in [0.5, 0.6) is 0 Å². The lowest BCUT2D eigenvalue weighted by molar-refractivity contribution is -0.386. The number of nitrogens with one attached hydrogen (secondary N) is 1. The van der Waals surface area contributed by atoms with Crippen LogP contribution in [0.25, 0.3) is 0 Å². The zero-order valence-corrected chi connectivity index (χ0v) is 16.5. The Labute approximate surface area is 164 Å². The van der Waals surface area contributed by atoms with Crippen molar-refractivity contribution < 1.29 is 9.72 Å². The maximum absolute atomic E-state index is 12.7. The third-order valence-electron chi connectivity index (χ3n) is 4.82. The van der Waals surface area contributed by atoms with Crippen LogP contribution < -0.4 is 5.32 Å². The van der Waals surface area contributed by atoms with Gasteiger partial charge in [-0.1, -0.05) is 12.1 Å². The van der Waals surface area contributed by atoms with E-state index in [1.165, 1.54) is 0 Å². The van der Waals surface area contributed by atoms with E-state index in [9.17, 15) is 14.9 Å². The summed E-state index contributed by atoms with van der Waals surface area (Å²) in [7, 11) is 0. The van der Waals surface area contributed by atoms with E-state index in [-0.39, 0.29) is 30.0 Å². The number of rotatable bonds is 4. The number of amides is 1. The summed E-state index contributed by atoms with van der Waals surface area (Å²) < 4.78 is 1.63. The van der Waals surface area contributed by atoms with Gasteiger partial charge in [-0.25, -0.2) is 0 Å². The number of piperazine rings is 1. The number of carbonyl (C=O) groups excluding carboxylic acids is 1. The minimum atomic E-state index is -0.398. The summed E-state index contributed by atoms with van der Waals surface area (Å²) in [6.45, 7) is 8.12. The number of nitro groups is 1. The van der Waals surface area contributed by atoms with Crippen molar-refractivity contribution in [1.29, 1.82) is 0 Å². The molecule has 0 radical (unpaired) electrons. The molecule has 1 atom stereocenters. The molecule has 9 heteroatoms. The normalized spacial score (nSPS) is 16.7. The Balaban J connectivity index is 0.00000261. The van der Waals surface area contributed by atoms with Gasteiger partial charge in [0, 0.05) is 31.2 Å². The monoisotopic (exact) mass is 393 g/mol. The van der Waals surface area contributed by atoms with Gasteiger partial charge in [0.1, 0.15) is 11.4 Å². The molecule has 1 N–H and O–H groups in total. The molecule has 2 aromatic rings. The quantitative estimate of drug-likeness (QED) is 0.635. The van der Waals surface area contributed by atoms with E-state index in [1.807, 2.05) is 36.1 Å². The standard InChI is InChI=1S/C18H23N5O3.ClH/c1-12-10-19-8-9-21(12)18(24)16-6-4-15(5-7-16)11-22-14(3)17(23(25)26)13(2)20-22;/h4-7,12,19H,8-11H2,1-3H3;1H/t12-;/m1./s1. The summed E-state index contributed by atoms with van der Waals surface area (Å²) in [6.07, 6.45) is 0. The summed E-state index contributed by atoms with van der Waals surface area (Å²) >= 11 is 0. The molecule has 1 fully saturated rings. The van der Waals surface area contributed by atoms with Crippen molar-refractivity contribution in [2.24, 2.45) is 0 Å². The molecule has 0 saturated carbocycles. The van der Waals surface area contributed by atoms with Crippen LogP contribution in [-0.2, 0) is 6.54 Å². The first-order valence-corrected chi connectivity index (χ1v) is 8.67. The molecule has 0 unspecified atom stereocenters. The van der Waals surface area contributed by atoms with Gasteiger partial charge in [0.2, 0.25) is 0 Å². The predicted molar refractivity (Wildman–Crippen MR) is 105 cm³/mol. The van der Waals surface area contributed by atoms with Crippen molar-refractivity contribution >= 4 is 24.0 Å². The van der Waals surface area contributed by atoms with Gasteiger partial charge in [0.05, 0.1) is 11.5 Å². The lowest BCUT2D eigenvalue weighted by atomic mass is 10.1. The van der Waals surface area contributed by atoms with Crippen LogP contribution in [-0.4, -0.2) is 51.2 Å². The van der Waals surface area contributed by atoms with E-state index in [4.69, 9.17) is 0 Å². The number of carbonyl (C=O) groups is 1. The van der Waals surface area contributed by atoms with Gasteiger partial charge in [0.25, 0.3) is 5.91 Å². The van der Waals surface area contributed by atoms with Crippen molar-refractivity contribution in [1.82, 2.24) is 20.0 Å². The molecule has 146 valence electrons. The molecule has 8 nitrogen and oxygen atoms in total. The fourth-order valence-corrected chi connectivity index (χ4v) is 3.34. The first-order valence-electron chi connectivity index (χ1n) is 8.67. The molecule has 1 saturated heterocycles. The predicted octanol–water partition coefficient (Wildman–Crippen LogP) is 2.31. The zero-order valence-electron chi connectivity index (χ0n) is 15.6. The molecular weight excluding hydrogens is 370 g/mol. The summed E-state index contributed by atoms with van der Waals surface area (Å²) in [5.74, 6) is 0.0345. The molecule has 0 bridgehead atoms. The summed E-state index contributed by atoms with van der Waals surface area (Å²) in [5, 5.41) is 18.6. The fraction of sp³-hybridized carbons (Fsp3) is 0.444. The minimum absolute atomic E-state index is 0. The highest BCUT2D eigenvalue weighted by molar-refractivity contribution is 5.94. The van der Waals surface area contributed by atoms with Crippen LogP contribution >= 0.6 is 12.4 Å². The minimum Gasteiger partial charge on any atom is -0.333 e. The van der Waals surface area contributed by atoms with Crippen molar-refractivity contribution in [3.8, 4) is 0 Å². The number of aromatic nitrogens is 2. The van der Waals surface area contributed by atoms with Crippen molar-refractivity contribution in [3.05, 3.63) is 56.9 Å². The topological polar surface area (TPSA) is 93.3 Å². The molecule has 3 rings (SSSR count). The van der Waals surface area contributed by atoms with E-state index in [0.717, 1.165) is 18.7 Å². The second-order valence-corrected chi connectivity index (χ2v) is 6.68. The molecule has 27 heavy (non-hydrogen) atoms. The van der Waals surface area contributed by atoms with E-state index in [1.54, 1.807) is 18.5 Å². The van der Waals surface area contributed by atoms with Gasteiger partial charge < -0.3 is 10.2 Å². The molecule has 0 spiro atoms. The van der Waals surface area contributed by atoms with Crippen molar-refractivity contribution in [3.63, 3.8) is 0 Å². The Bertz CT molecular complexity index is 834. The van der Waals surface area contributed by atoms with E-state index in [0.29, 0.717) is 30.0 Å². The number of hydrogen-bond acceptors (Lipinski definition) is 5. The molecule has 0 aliphatic carbocycles. The smallest absolute Gasteiger partial charge is 0.312 e. The molecule has 1 aliphatic heterocycles. The van der Waals surface area contributed by atoms with Crippen LogP contribution in [0.3, 0.4) is 0 Å². The Kier molecular flexibility index (Phi) is 6.56. The van der Waals surface area contributed by atoms with Gasteiger partial charge >= 0.3 is 5.69 Å². The van der Waals surface area contributed by atoms with Crippen LogP contribution in [0.15, 0.2) is 24.3 Å². The summed E-state index contributed by atoms with van der Waals surface area (Å²) in [6, 6.07) is 7.55. The number of aryl methyl sites for hydroxylation is 1. The van der Waals surface area contributed by atoms with Gasteiger partial charge in [-0.2, -0.15) is 5.10 Å². The molecular formula is C18H24ClN5O3. The third kappa shape index (κ3) is 4.28. The van der Waals surface area contributed by atoms with Gasteiger partial charge in [-0.15, -0.1) is 12.4 Å². The lowest BCUT2D eigenvalue weighted by Gasteiger charge is -2.34. The average Bonchev–Trinajstić information content (AvgIpc) is 2.89. The van der Waals surface area contributed by atoms with Crippen LogP contribution in [0.4, 0.5) is 5.69 Å². The Hall–Kier alpha value is -2.45. The number of halogens is 1. The number of hydrogen-bond donors (Lipinski definition) is 1. The van der Waals surface area contributed by atoms with E-state index in [2.05, 4.69) is 10.4 Å².